The van der Waals surface area contributed by atoms with Crippen LogP contribution in [0.15, 0.2) is 18.2 Å². The van der Waals surface area contributed by atoms with Crippen molar-refractivity contribution in [2.45, 2.75) is 18.7 Å². The van der Waals surface area contributed by atoms with E-state index >= 15 is 0 Å². The molecular weight excluding hydrogens is 325 g/mol. The van der Waals surface area contributed by atoms with E-state index in [0.29, 0.717) is 15.6 Å². The second-order valence-electron chi connectivity index (χ2n) is 4.04. The number of carbonyl (C=O) groups is 2. The van der Waals surface area contributed by atoms with Crippen LogP contribution < -0.4 is 5.32 Å². The third-order valence-electron chi connectivity index (χ3n) is 2.40. The van der Waals surface area contributed by atoms with Gasteiger partial charge in [0.15, 0.2) is 0 Å². The van der Waals surface area contributed by atoms with Gasteiger partial charge in [-0.25, -0.2) is 4.79 Å². The van der Waals surface area contributed by atoms with Crippen molar-refractivity contribution in [3.63, 3.8) is 0 Å². The minimum atomic E-state index is -1.52. The summed E-state index contributed by atoms with van der Waals surface area (Å²) in [6, 6.07) is 3.69. The lowest BCUT2D eigenvalue weighted by atomic mass is 10.2. The van der Waals surface area contributed by atoms with Crippen LogP contribution in [0.3, 0.4) is 0 Å². The Morgan fingerprint density at radius 3 is 2.35 bits per heavy atom. The van der Waals surface area contributed by atoms with E-state index in [1.54, 1.807) is 18.2 Å². The number of carboxylic acids is 1. The fraction of sp³-hybridized carbons (Fsp3) is 0.333. The van der Waals surface area contributed by atoms with Gasteiger partial charge in [0, 0.05) is 33.3 Å². The lowest BCUT2D eigenvalue weighted by Gasteiger charge is -2.13. The highest BCUT2D eigenvalue weighted by Crippen LogP contribution is 2.25. The van der Waals surface area contributed by atoms with E-state index in [9.17, 15) is 13.8 Å². The first-order valence-electron chi connectivity index (χ1n) is 5.59. The molecule has 20 heavy (non-hydrogen) atoms. The number of rotatable bonds is 6. The molecule has 8 heteroatoms. The quantitative estimate of drug-likeness (QED) is 0.829. The van der Waals surface area contributed by atoms with Crippen molar-refractivity contribution in [3.05, 3.63) is 33.8 Å². The van der Waals surface area contributed by atoms with Crippen molar-refractivity contribution in [2.75, 3.05) is 5.75 Å². The molecule has 1 unspecified atom stereocenters. The molecule has 0 saturated heterocycles. The SMILES string of the molecule is CC(=O)N[C@@H](CS(=O)Cc1c(Cl)cccc1Cl)C(=O)O. The summed E-state index contributed by atoms with van der Waals surface area (Å²) in [5.74, 6) is -1.91. The Hall–Kier alpha value is -1.11. The Morgan fingerprint density at radius 1 is 1.35 bits per heavy atom. The minimum absolute atomic E-state index is 0.0296. The topological polar surface area (TPSA) is 83.5 Å². The fourth-order valence-corrected chi connectivity index (χ4v) is 3.53. The number of carboxylic acid groups (broad SMARTS) is 1. The summed E-state index contributed by atoms with van der Waals surface area (Å²) >= 11 is 11.9. The summed E-state index contributed by atoms with van der Waals surface area (Å²) in [5.41, 5.74) is 0.501. The van der Waals surface area contributed by atoms with E-state index in [-0.39, 0.29) is 11.5 Å². The second kappa shape index (κ2) is 7.61. The predicted molar refractivity (Wildman–Crippen MR) is 78.4 cm³/mol. The average Bonchev–Trinajstić information content (AvgIpc) is 2.32. The maximum Gasteiger partial charge on any atom is 0.327 e. The van der Waals surface area contributed by atoms with E-state index < -0.39 is 28.7 Å². The first kappa shape index (κ1) is 16.9. The number of hydrogen-bond acceptors (Lipinski definition) is 3. The van der Waals surface area contributed by atoms with E-state index in [4.69, 9.17) is 28.3 Å². The zero-order valence-corrected chi connectivity index (χ0v) is 12.9. The molecule has 2 atom stereocenters. The summed E-state index contributed by atoms with van der Waals surface area (Å²) in [6.45, 7) is 1.20. The van der Waals surface area contributed by atoms with Crippen molar-refractivity contribution in [1.82, 2.24) is 5.32 Å². The molecule has 0 aliphatic heterocycles. The molecule has 0 spiro atoms. The molecule has 0 radical (unpaired) electrons. The highest BCUT2D eigenvalue weighted by molar-refractivity contribution is 7.84. The molecule has 0 aromatic heterocycles. The van der Waals surface area contributed by atoms with Crippen LogP contribution in [-0.4, -0.2) is 33.0 Å². The van der Waals surface area contributed by atoms with Gasteiger partial charge in [0.05, 0.1) is 11.5 Å². The molecular formula is C12H13Cl2NO4S. The van der Waals surface area contributed by atoms with Gasteiger partial charge in [-0.2, -0.15) is 0 Å². The van der Waals surface area contributed by atoms with Crippen LogP contribution in [0.1, 0.15) is 12.5 Å². The maximum atomic E-state index is 12.0. The molecule has 0 fully saturated rings. The highest BCUT2D eigenvalue weighted by Gasteiger charge is 2.22. The van der Waals surface area contributed by atoms with Gasteiger partial charge >= 0.3 is 5.97 Å². The first-order valence-corrected chi connectivity index (χ1v) is 7.83. The fourth-order valence-electron chi connectivity index (χ4n) is 1.50. The highest BCUT2D eigenvalue weighted by atomic mass is 35.5. The second-order valence-corrected chi connectivity index (χ2v) is 6.36. The molecule has 1 aromatic rings. The first-order chi connectivity index (χ1) is 9.31. The number of nitrogens with one attached hydrogen (secondary N) is 1. The van der Waals surface area contributed by atoms with Crippen LogP contribution in [0.5, 0.6) is 0 Å². The van der Waals surface area contributed by atoms with Crippen molar-refractivity contribution in [2.24, 2.45) is 0 Å². The zero-order chi connectivity index (χ0) is 15.3. The normalized spacial score (nSPS) is 13.6. The van der Waals surface area contributed by atoms with Gasteiger partial charge in [-0.05, 0) is 12.1 Å². The predicted octanol–water partition coefficient (Wildman–Crippen LogP) is 1.83. The van der Waals surface area contributed by atoms with Crippen molar-refractivity contribution < 1.29 is 18.9 Å². The number of amides is 1. The van der Waals surface area contributed by atoms with Gasteiger partial charge in [0.2, 0.25) is 5.91 Å². The number of aliphatic carboxylic acids is 1. The van der Waals surface area contributed by atoms with Crippen molar-refractivity contribution >= 4 is 45.9 Å². The summed E-state index contributed by atoms with van der Waals surface area (Å²) in [4.78, 5) is 21.8. The Labute approximate surface area is 128 Å². The number of benzene rings is 1. The summed E-state index contributed by atoms with van der Waals surface area (Å²) in [7, 11) is -1.52. The van der Waals surface area contributed by atoms with E-state index in [1.807, 2.05) is 0 Å². The molecule has 110 valence electrons. The summed E-state index contributed by atoms with van der Waals surface area (Å²) < 4.78 is 12.0. The molecule has 0 aliphatic carbocycles. The average molecular weight is 338 g/mol. The van der Waals surface area contributed by atoms with Gasteiger partial charge < -0.3 is 10.4 Å². The third-order valence-corrected chi connectivity index (χ3v) is 4.42. The van der Waals surface area contributed by atoms with Gasteiger partial charge in [0.1, 0.15) is 6.04 Å². The molecule has 0 aliphatic rings. The standard InChI is InChI=1S/C12H13Cl2NO4S/c1-7(16)15-11(12(17)18)6-20(19)5-8-9(13)3-2-4-10(8)14/h2-4,11H,5-6H2,1H3,(H,15,16)(H,17,18)/t11-,20?/m0/s1. The number of carbonyl (C=O) groups excluding carboxylic acids is 1. The lowest BCUT2D eigenvalue weighted by molar-refractivity contribution is -0.140. The molecule has 1 aromatic carbocycles. The van der Waals surface area contributed by atoms with Crippen molar-refractivity contribution in [3.8, 4) is 0 Å². The molecule has 2 N–H and O–H groups in total. The van der Waals surface area contributed by atoms with E-state index in [2.05, 4.69) is 5.32 Å². The van der Waals surface area contributed by atoms with Crippen molar-refractivity contribution in [1.29, 1.82) is 0 Å². The van der Waals surface area contributed by atoms with Crippen LogP contribution in [-0.2, 0) is 26.1 Å². The van der Waals surface area contributed by atoms with Crippen LogP contribution >= 0.6 is 23.2 Å². The smallest absolute Gasteiger partial charge is 0.327 e. The monoisotopic (exact) mass is 337 g/mol. The number of halogens is 2. The molecule has 0 saturated carbocycles. The Morgan fingerprint density at radius 2 is 1.90 bits per heavy atom. The largest absolute Gasteiger partial charge is 0.480 e. The molecule has 1 amide bonds. The van der Waals surface area contributed by atoms with Gasteiger partial charge in [-0.1, -0.05) is 29.3 Å². The van der Waals surface area contributed by atoms with Crippen LogP contribution in [0.4, 0.5) is 0 Å². The molecule has 5 nitrogen and oxygen atoms in total. The third kappa shape index (κ3) is 5.11. The Kier molecular flexibility index (Phi) is 6.45. The van der Waals surface area contributed by atoms with Gasteiger partial charge in [-0.15, -0.1) is 0 Å². The Balaban J connectivity index is 2.76. The zero-order valence-electron chi connectivity index (χ0n) is 10.6. The Bertz CT molecular complexity index is 530. The van der Waals surface area contributed by atoms with Gasteiger partial charge in [-0.3, -0.25) is 9.00 Å². The lowest BCUT2D eigenvalue weighted by Crippen LogP contribution is -2.43. The molecule has 1 rings (SSSR count). The number of hydrogen-bond donors (Lipinski definition) is 2. The van der Waals surface area contributed by atoms with Crippen LogP contribution in [0, 0.1) is 0 Å². The van der Waals surface area contributed by atoms with Crippen LogP contribution in [0.2, 0.25) is 10.0 Å². The minimum Gasteiger partial charge on any atom is -0.480 e. The summed E-state index contributed by atoms with van der Waals surface area (Å²) in [6.07, 6.45) is 0. The molecule has 0 heterocycles. The van der Waals surface area contributed by atoms with E-state index in [1.165, 1.54) is 6.92 Å². The van der Waals surface area contributed by atoms with E-state index in [0.717, 1.165) is 0 Å². The van der Waals surface area contributed by atoms with Gasteiger partial charge in [0.25, 0.3) is 0 Å². The van der Waals surface area contributed by atoms with Crippen LogP contribution in [0.25, 0.3) is 0 Å². The summed E-state index contributed by atoms with van der Waals surface area (Å²) in [5, 5.41) is 11.9. The maximum absolute atomic E-state index is 12.0. The molecule has 0 bridgehead atoms.